The molecule has 0 saturated heterocycles. The lowest BCUT2D eigenvalue weighted by atomic mass is 10.1. The second kappa shape index (κ2) is 6.41. The second-order valence-corrected chi connectivity index (χ2v) is 5.97. The van der Waals surface area contributed by atoms with Crippen molar-refractivity contribution in [1.82, 2.24) is 9.88 Å². The van der Waals surface area contributed by atoms with Crippen molar-refractivity contribution in [3.8, 4) is 0 Å². The van der Waals surface area contributed by atoms with Gasteiger partial charge in [-0.05, 0) is 49.6 Å². The van der Waals surface area contributed by atoms with E-state index in [0.29, 0.717) is 0 Å². The average molecular weight is 285 g/mol. The lowest BCUT2D eigenvalue weighted by Gasteiger charge is -2.18. The van der Waals surface area contributed by atoms with Crippen LogP contribution in [0, 0.1) is 5.92 Å². The lowest BCUT2D eigenvalue weighted by Crippen LogP contribution is -2.23. The number of hydrogen-bond acceptors (Lipinski definition) is 4. The fourth-order valence-electron chi connectivity index (χ4n) is 2.51. The minimum absolute atomic E-state index is 0.789. The third kappa shape index (κ3) is 3.71. The van der Waals surface area contributed by atoms with Gasteiger partial charge in [-0.2, -0.15) is 0 Å². The Hall–Kier alpha value is -1.65. The molecule has 4 nitrogen and oxygen atoms in total. The molecule has 1 aromatic heterocycles. The van der Waals surface area contributed by atoms with E-state index >= 15 is 0 Å². The summed E-state index contributed by atoms with van der Waals surface area (Å²) in [7, 11) is 2.12. The summed E-state index contributed by atoms with van der Waals surface area (Å²) in [5.41, 5.74) is 9.02. The fraction of sp³-hybridized carbons (Fsp3) is 0.471. The first-order valence-electron chi connectivity index (χ1n) is 7.62. The van der Waals surface area contributed by atoms with E-state index in [1.165, 1.54) is 18.4 Å². The van der Waals surface area contributed by atoms with Gasteiger partial charge in [-0.25, -0.2) is 0 Å². The number of nitrogens with two attached hydrogens (primary N) is 1. The van der Waals surface area contributed by atoms with Crippen LogP contribution in [0.25, 0.3) is 10.9 Å². The van der Waals surface area contributed by atoms with E-state index in [9.17, 15) is 0 Å². The average Bonchev–Trinajstić information content (AvgIpc) is 3.31. The van der Waals surface area contributed by atoms with Gasteiger partial charge in [0.25, 0.3) is 0 Å². The van der Waals surface area contributed by atoms with Gasteiger partial charge in [0.2, 0.25) is 0 Å². The van der Waals surface area contributed by atoms with Crippen LogP contribution < -0.4 is 5.73 Å². The molecule has 0 unspecified atom stereocenters. The highest BCUT2D eigenvalue weighted by atomic mass is 16.5. The number of ether oxygens (including phenoxy) is 1. The molecule has 2 N–H and O–H groups in total. The van der Waals surface area contributed by atoms with Crippen molar-refractivity contribution in [1.29, 1.82) is 0 Å². The normalized spacial score (nSPS) is 15.0. The van der Waals surface area contributed by atoms with Gasteiger partial charge in [-0.1, -0.05) is 6.07 Å². The van der Waals surface area contributed by atoms with Crippen molar-refractivity contribution in [3.63, 3.8) is 0 Å². The number of nitrogen functional groups attached to an aromatic ring is 1. The van der Waals surface area contributed by atoms with Crippen LogP contribution in [0.1, 0.15) is 18.4 Å². The topological polar surface area (TPSA) is 51.4 Å². The van der Waals surface area contributed by atoms with Gasteiger partial charge in [0.15, 0.2) is 0 Å². The number of benzene rings is 1. The number of nitrogens with zero attached hydrogens (tertiary/aromatic N) is 2. The lowest BCUT2D eigenvalue weighted by molar-refractivity contribution is 0.102. The zero-order valence-corrected chi connectivity index (χ0v) is 12.6. The van der Waals surface area contributed by atoms with Crippen LogP contribution in [-0.4, -0.2) is 36.7 Å². The molecule has 0 bridgehead atoms. The summed E-state index contributed by atoms with van der Waals surface area (Å²) in [5, 5.41) is 1.04. The molecular weight excluding hydrogens is 262 g/mol. The molecule has 112 valence electrons. The molecule has 0 radical (unpaired) electrons. The number of aromatic nitrogens is 1. The van der Waals surface area contributed by atoms with Crippen LogP contribution in [0.3, 0.4) is 0 Å². The van der Waals surface area contributed by atoms with Crippen LogP contribution in [0.4, 0.5) is 5.69 Å². The SMILES string of the molecule is CN(CCOCC1CC1)Cc1ccc(N)c2cccnc12. The molecule has 1 aromatic carbocycles. The summed E-state index contributed by atoms with van der Waals surface area (Å²) < 4.78 is 5.70. The van der Waals surface area contributed by atoms with Gasteiger partial charge in [-0.15, -0.1) is 0 Å². The van der Waals surface area contributed by atoms with Crippen molar-refractivity contribution in [2.75, 3.05) is 32.5 Å². The monoisotopic (exact) mass is 285 g/mol. The molecule has 3 rings (SSSR count). The maximum absolute atomic E-state index is 6.01. The van der Waals surface area contributed by atoms with E-state index in [1.807, 2.05) is 24.4 Å². The smallest absolute Gasteiger partial charge is 0.0767 e. The quantitative estimate of drug-likeness (QED) is 0.627. The van der Waals surface area contributed by atoms with Crippen molar-refractivity contribution in [2.24, 2.45) is 5.92 Å². The Morgan fingerprint density at radius 3 is 3.00 bits per heavy atom. The predicted octanol–water partition coefficient (Wildman–Crippen LogP) is 2.68. The van der Waals surface area contributed by atoms with Gasteiger partial charge in [0.05, 0.1) is 12.1 Å². The molecule has 1 aliphatic carbocycles. The Labute approximate surface area is 125 Å². The Kier molecular flexibility index (Phi) is 4.36. The largest absolute Gasteiger partial charge is 0.398 e. The maximum Gasteiger partial charge on any atom is 0.0767 e. The molecule has 4 heteroatoms. The Morgan fingerprint density at radius 1 is 1.33 bits per heavy atom. The molecule has 0 amide bonds. The minimum atomic E-state index is 0.789. The first-order chi connectivity index (χ1) is 10.2. The first kappa shape index (κ1) is 14.3. The second-order valence-electron chi connectivity index (χ2n) is 5.97. The Balaban J connectivity index is 1.59. The molecule has 0 aliphatic heterocycles. The van der Waals surface area contributed by atoms with Crippen LogP contribution in [0.2, 0.25) is 0 Å². The van der Waals surface area contributed by atoms with Gasteiger partial charge in [0, 0.05) is 37.0 Å². The molecule has 0 spiro atoms. The summed E-state index contributed by atoms with van der Waals surface area (Å²) in [6, 6.07) is 8.00. The third-order valence-corrected chi connectivity index (χ3v) is 4.00. The maximum atomic E-state index is 6.01. The number of likely N-dealkylation sites (N-methyl/N-ethyl adjacent to an activating group) is 1. The Bertz CT molecular complexity index is 610. The zero-order chi connectivity index (χ0) is 14.7. The van der Waals surface area contributed by atoms with Crippen LogP contribution in [0.15, 0.2) is 30.5 Å². The van der Waals surface area contributed by atoms with E-state index < -0.39 is 0 Å². The van der Waals surface area contributed by atoms with Crippen molar-refractivity contribution >= 4 is 16.6 Å². The van der Waals surface area contributed by atoms with Crippen LogP contribution in [-0.2, 0) is 11.3 Å². The van der Waals surface area contributed by atoms with Crippen LogP contribution >= 0.6 is 0 Å². The molecule has 21 heavy (non-hydrogen) atoms. The first-order valence-corrected chi connectivity index (χ1v) is 7.62. The van der Waals surface area contributed by atoms with E-state index in [2.05, 4.69) is 23.0 Å². The summed E-state index contributed by atoms with van der Waals surface area (Å²) in [6.45, 7) is 3.53. The number of hydrogen-bond donors (Lipinski definition) is 1. The minimum Gasteiger partial charge on any atom is -0.398 e. The van der Waals surface area contributed by atoms with Crippen molar-refractivity contribution < 1.29 is 4.74 Å². The number of pyridine rings is 1. The van der Waals surface area contributed by atoms with Crippen molar-refractivity contribution in [2.45, 2.75) is 19.4 Å². The summed E-state index contributed by atoms with van der Waals surface area (Å²) >= 11 is 0. The van der Waals surface area contributed by atoms with Gasteiger partial charge >= 0.3 is 0 Å². The molecule has 1 fully saturated rings. The highest BCUT2D eigenvalue weighted by molar-refractivity contribution is 5.92. The van der Waals surface area contributed by atoms with E-state index in [-0.39, 0.29) is 0 Å². The zero-order valence-electron chi connectivity index (χ0n) is 12.6. The third-order valence-electron chi connectivity index (χ3n) is 4.00. The standard InChI is InChI=1S/C17H23N3O/c1-20(9-10-21-12-13-4-5-13)11-14-6-7-16(18)15-3-2-8-19-17(14)15/h2-3,6-8,13H,4-5,9-12,18H2,1H3. The highest BCUT2D eigenvalue weighted by Crippen LogP contribution is 2.28. The van der Waals surface area contributed by atoms with Gasteiger partial charge in [0.1, 0.15) is 0 Å². The summed E-state index contributed by atoms with van der Waals surface area (Å²) in [4.78, 5) is 6.76. The predicted molar refractivity (Wildman–Crippen MR) is 86.0 cm³/mol. The molecule has 1 heterocycles. The number of fused-ring (bicyclic) bond motifs is 1. The Morgan fingerprint density at radius 2 is 2.19 bits per heavy atom. The molecular formula is C17H23N3O. The molecule has 1 aliphatic rings. The van der Waals surface area contributed by atoms with E-state index in [0.717, 1.165) is 48.8 Å². The number of rotatable bonds is 7. The fourth-order valence-corrected chi connectivity index (χ4v) is 2.51. The van der Waals surface area contributed by atoms with Gasteiger partial charge in [-0.3, -0.25) is 9.88 Å². The molecule has 2 aromatic rings. The van der Waals surface area contributed by atoms with Crippen LogP contribution in [0.5, 0.6) is 0 Å². The molecule has 1 saturated carbocycles. The summed E-state index contributed by atoms with van der Waals surface area (Å²) in [6.07, 6.45) is 4.52. The van der Waals surface area contributed by atoms with Crippen molar-refractivity contribution in [3.05, 3.63) is 36.0 Å². The number of anilines is 1. The van der Waals surface area contributed by atoms with E-state index in [4.69, 9.17) is 10.5 Å². The van der Waals surface area contributed by atoms with Gasteiger partial charge < -0.3 is 10.5 Å². The summed E-state index contributed by atoms with van der Waals surface area (Å²) in [5.74, 6) is 0.834. The van der Waals surface area contributed by atoms with E-state index in [1.54, 1.807) is 0 Å². The highest BCUT2D eigenvalue weighted by Gasteiger charge is 2.21. The molecule has 0 atom stereocenters.